The number of hydrogen-bond acceptors (Lipinski definition) is 3. The fourth-order valence-corrected chi connectivity index (χ4v) is 2.73. The lowest BCUT2D eigenvalue weighted by Gasteiger charge is -2.12. The van der Waals surface area contributed by atoms with Gasteiger partial charge in [0.15, 0.2) is 0 Å². The molecule has 0 aliphatic rings. The van der Waals surface area contributed by atoms with Gasteiger partial charge < -0.3 is 9.05 Å². The first-order valence-electron chi connectivity index (χ1n) is 6.80. The summed E-state index contributed by atoms with van der Waals surface area (Å²) < 4.78 is 22.5. The molecular weight excluding hydrogens is 259 g/mol. The summed E-state index contributed by atoms with van der Waals surface area (Å²) in [6.07, 6.45) is 7.98. The molecule has 0 heterocycles. The molecule has 0 rings (SSSR count). The van der Waals surface area contributed by atoms with E-state index in [1.165, 1.54) is 17.0 Å². The van der Waals surface area contributed by atoms with Crippen LogP contribution in [0.3, 0.4) is 0 Å². The van der Waals surface area contributed by atoms with Crippen molar-refractivity contribution >= 4 is 7.60 Å². The summed E-state index contributed by atoms with van der Waals surface area (Å²) in [6, 6.07) is 0. The van der Waals surface area contributed by atoms with Crippen molar-refractivity contribution in [3.05, 3.63) is 35.2 Å². The van der Waals surface area contributed by atoms with Crippen molar-refractivity contribution in [3.8, 4) is 0 Å². The van der Waals surface area contributed by atoms with Crippen molar-refractivity contribution in [2.24, 2.45) is 0 Å². The molecule has 0 atom stereocenters. The molecule has 4 heteroatoms. The molecule has 0 fully saturated rings. The molecule has 0 N–H and O–H groups in total. The summed E-state index contributed by atoms with van der Waals surface area (Å²) in [5, 5.41) is 0. The fraction of sp³-hybridized carbons (Fsp3) is 0.600. The molecule has 0 amide bonds. The van der Waals surface area contributed by atoms with Crippen LogP contribution >= 0.6 is 7.60 Å². The second-order valence-corrected chi connectivity index (χ2v) is 6.44. The van der Waals surface area contributed by atoms with Gasteiger partial charge in [-0.2, -0.15) is 0 Å². The van der Waals surface area contributed by atoms with Crippen molar-refractivity contribution in [3.63, 3.8) is 0 Å². The van der Waals surface area contributed by atoms with Gasteiger partial charge in [0.05, 0.1) is 13.2 Å². The number of rotatable bonds is 9. The van der Waals surface area contributed by atoms with Gasteiger partial charge in [0.2, 0.25) is 0 Å². The Morgan fingerprint density at radius 1 is 1.11 bits per heavy atom. The Kier molecular flexibility index (Phi) is 9.85. The molecule has 0 saturated heterocycles. The van der Waals surface area contributed by atoms with Crippen LogP contribution in [0.15, 0.2) is 35.2 Å². The number of allylic oxidation sites excluding steroid dienone is 5. The van der Waals surface area contributed by atoms with Crippen LogP contribution in [0.2, 0.25) is 0 Å². The van der Waals surface area contributed by atoms with Crippen LogP contribution in [0, 0.1) is 0 Å². The molecule has 0 unspecified atom stereocenters. The summed E-state index contributed by atoms with van der Waals surface area (Å²) in [5.74, 6) is 1.53. The lowest BCUT2D eigenvalue weighted by Crippen LogP contribution is -1.92. The fourth-order valence-electron chi connectivity index (χ4n) is 1.47. The normalized spacial score (nSPS) is 13.0. The van der Waals surface area contributed by atoms with Gasteiger partial charge in [-0.3, -0.25) is 4.57 Å². The highest BCUT2D eigenvalue weighted by Crippen LogP contribution is 2.49. The van der Waals surface area contributed by atoms with Crippen molar-refractivity contribution in [2.75, 3.05) is 13.2 Å². The van der Waals surface area contributed by atoms with Crippen LogP contribution in [0.5, 0.6) is 0 Å². The second kappa shape index (κ2) is 10.2. The smallest absolute Gasteiger partial charge is 0.306 e. The van der Waals surface area contributed by atoms with Gasteiger partial charge in [-0.15, -0.1) is 0 Å². The third-order valence-corrected chi connectivity index (χ3v) is 4.13. The van der Waals surface area contributed by atoms with Gasteiger partial charge in [-0.05, 0) is 47.5 Å². The summed E-state index contributed by atoms with van der Waals surface area (Å²) in [4.78, 5) is 0. The average Bonchev–Trinajstić information content (AvgIpc) is 2.28. The molecule has 0 aliphatic heterocycles. The molecular formula is C15H27O3P. The van der Waals surface area contributed by atoms with E-state index < -0.39 is 7.60 Å². The minimum atomic E-state index is -3.05. The summed E-state index contributed by atoms with van der Waals surface area (Å²) >= 11 is 0. The minimum Gasteiger partial charge on any atom is -0.306 e. The SMILES string of the molecule is CCOP(=O)(/C=C/C=C(\C)CCC=C(C)C)OCC. The van der Waals surface area contributed by atoms with E-state index in [9.17, 15) is 4.57 Å². The highest BCUT2D eigenvalue weighted by molar-refractivity contribution is 7.57. The predicted octanol–water partition coefficient (Wildman–Crippen LogP) is 5.46. The summed E-state index contributed by atoms with van der Waals surface area (Å²) in [6.45, 7) is 10.6. The molecule has 0 radical (unpaired) electrons. The molecule has 0 aromatic rings. The molecule has 0 aromatic heterocycles. The molecule has 19 heavy (non-hydrogen) atoms. The van der Waals surface area contributed by atoms with E-state index in [1.54, 1.807) is 19.9 Å². The Morgan fingerprint density at radius 3 is 2.16 bits per heavy atom. The van der Waals surface area contributed by atoms with E-state index in [2.05, 4.69) is 26.8 Å². The van der Waals surface area contributed by atoms with Crippen molar-refractivity contribution in [1.82, 2.24) is 0 Å². The van der Waals surface area contributed by atoms with Crippen LogP contribution in [-0.4, -0.2) is 13.2 Å². The van der Waals surface area contributed by atoms with Crippen molar-refractivity contribution in [2.45, 2.75) is 47.5 Å². The predicted molar refractivity (Wildman–Crippen MR) is 82.4 cm³/mol. The maximum Gasteiger partial charge on any atom is 0.354 e. The third kappa shape index (κ3) is 9.89. The van der Waals surface area contributed by atoms with Crippen molar-refractivity contribution < 1.29 is 13.6 Å². The first-order valence-corrected chi connectivity index (χ1v) is 8.42. The molecule has 3 nitrogen and oxygen atoms in total. The Balaban J connectivity index is 4.43. The first-order chi connectivity index (χ1) is 8.93. The zero-order valence-electron chi connectivity index (χ0n) is 12.8. The molecule has 110 valence electrons. The monoisotopic (exact) mass is 286 g/mol. The van der Waals surface area contributed by atoms with Gasteiger partial charge in [-0.25, -0.2) is 0 Å². The zero-order chi connectivity index (χ0) is 14.7. The van der Waals surface area contributed by atoms with Gasteiger partial charge in [0.1, 0.15) is 0 Å². The Labute approximate surface area is 117 Å². The standard InChI is InChI=1S/C15H27O3P/c1-6-17-19(16,18-7-2)13-9-12-15(5)11-8-10-14(3)4/h9-10,12-13H,6-8,11H2,1-5H3/b13-9+,15-12+. The van der Waals surface area contributed by atoms with E-state index in [0.29, 0.717) is 13.2 Å². The first kappa shape index (κ1) is 18.4. The van der Waals surface area contributed by atoms with Crippen LogP contribution in [0.1, 0.15) is 47.5 Å². The van der Waals surface area contributed by atoms with Crippen LogP contribution in [-0.2, 0) is 13.6 Å². The van der Waals surface area contributed by atoms with Gasteiger partial charge >= 0.3 is 7.60 Å². The summed E-state index contributed by atoms with van der Waals surface area (Å²) in [7, 11) is -3.05. The van der Waals surface area contributed by atoms with E-state index >= 15 is 0 Å². The van der Waals surface area contributed by atoms with E-state index in [-0.39, 0.29) is 0 Å². The van der Waals surface area contributed by atoms with Crippen LogP contribution < -0.4 is 0 Å². The molecule has 0 aliphatic carbocycles. The quantitative estimate of drug-likeness (QED) is 0.321. The Hall–Kier alpha value is -0.630. The maximum absolute atomic E-state index is 12.1. The average molecular weight is 286 g/mol. The largest absolute Gasteiger partial charge is 0.354 e. The van der Waals surface area contributed by atoms with Gasteiger partial charge in [0.25, 0.3) is 0 Å². The highest BCUT2D eigenvalue weighted by atomic mass is 31.2. The molecule has 0 bridgehead atoms. The van der Waals surface area contributed by atoms with Crippen LogP contribution in [0.4, 0.5) is 0 Å². The lowest BCUT2D eigenvalue weighted by atomic mass is 10.1. The Morgan fingerprint density at radius 2 is 1.68 bits per heavy atom. The van der Waals surface area contributed by atoms with Gasteiger partial charge in [-0.1, -0.05) is 29.4 Å². The lowest BCUT2D eigenvalue weighted by molar-refractivity contribution is 0.229. The van der Waals surface area contributed by atoms with E-state index in [4.69, 9.17) is 9.05 Å². The Bertz CT molecular complexity index is 367. The highest BCUT2D eigenvalue weighted by Gasteiger charge is 2.18. The number of hydrogen-bond donors (Lipinski definition) is 0. The van der Waals surface area contributed by atoms with E-state index in [0.717, 1.165) is 12.8 Å². The molecule has 0 spiro atoms. The zero-order valence-corrected chi connectivity index (χ0v) is 13.7. The van der Waals surface area contributed by atoms with Crippen molar-refractivity contribution in [1.29, 1.82) is 0 Å². The van der Waals surface area contributed by atoms with Crippen LogP contribution in [0.25, 0.3) is 0 Å². The summed E-state index contributed by atoms with van der Waals surface area (Å²) in [5.41, 5.74) is 2.58. The minimum absolute atomic E-state index is 0.380. The molecule has 0 saturated carbocycles. The maximum atomic E-state index is 12.1. The van der Waals surface area contributed by atoms with E-state index in [1.807, 2.05) is 6.08 Å². The second-order valence-electron chi connectivity index (χ2n) is 4.55. The van der Waals surface area contributed by atoms with Gasteiger partial charge in [0, 0.05) is 5.82 Å². The molecule has 0 aromatic carbocycles. The third-order valence-electron chi connectivity index (χ3n) is 2.36. The topological polar surface area (TPSA) is 35.5 Å².